The Morgan fingerprint density at radius 1 is 0.305 bits per heavy atom. The highest BCUT2D eigenvalue weighted by Crippen LogP contribution is 2.53. The van der Waals surface area contributed by atoms with Gasteiger partial charge in [-0.25, -0.2) is 0 Å². The third kappa shape index (κ3) is 4.91. The molecule has 0 saturated carbocycles. The van der Waals surface area contributed by atoms with Crippen molar-refractivity contribution in [2.75, 3.05) is 0 Å². The summed E-state index contributed by atoms with van der Waals surface area (Å²) in [6.07, 6.45) is 4.15. The fourth-order valence-electron chi connectivity index (χ4n) is 10.8. The van der Waals surface area contributed by atoms with Gasteiger partial charge in [-0.05, 0) is 164 Å². The fraction of sp³-hybridized carbons (Fsp3) is 0.102. The van der Waals surface area contributed by atoms with E-state index in [-0.39, 0.29) is 10.8 Å². The summed E-state index contributed by atoms with van der Waals surface area (Å²) in [6, 6.07) is 64.5. The monoisotopic (exact) mass is 750 g/mol. The Hall–Kier alpha value is -6.98. The van der Waals surface area contributed by atoms with E-state index in [0.29, 0.717) is 0 Å². The molecule has 278 valence electrons. The van der Waals surface area contributed by atoms with Crippen molar-refractivity contribution < 1.29 is 0 Å². The van der Waals surface area contributed by atoms with Crippen LogP contribution in [0.2, 0.25) is 0 Å². The van der Waals surface area contributed by atoms with Crippen LogP contribution < -0.4 is 0 Å². The maximum atomic E-state index is 3.28. The zero-order chi connectivity index (χ0) is 39.6. The van der Waals surface area contributed by atoms with Gasteiger partial charge in [0.05, 0.1) is 0 Å². The van der Waals surface area contributed by atoms with Crippen molar-refractivity contribution in [2.24, 2.45) is 0 Å². The number of benzene rings is 9. The summed E-state index contributed by atoms with van der Waals surface area (Å²) in [6.45, 7) is 9.50. The highest BCUT2D eigenvalue weighted by Gasteiger charge is 2.37. The van der Waals surface area contributed by atoms with Crippen LogP contribution in [0.3, 0.4) is 0 Å². The lowest BCUT2D eigenvalue weighted by atomic mass is 9.80. The minimum atomic E-state index is -0.0918. The van der Waals surface area contributed by atoms with E-state index in [2.05, 4.69) is 215 Å². The van der Waals surface area contributed by atoms with E-state index < -0.39 is 0 Å². The lowest BCUT2D eigenvalue weighted by molar-refractivity contribution is 0.660. The minimum absolute atomic E-state index is 0.0713. The van der Waals surface area contributed by atoms with Crippen molar-refractivity contribution in [3.05, 3.63) is 209 Å². The van der Waals surface area contributed by atoms with Crippen molar-refractivity contribution in [1.29, 1.82) is 0 Å². The first-order valence-electron chi connectivity index (χ1n) is 20.9. The molecule has 0 heteroatoms. The van der Waals surface area contributed by atoms with Crippen LogP contribution >= 0.6 is 0 Å². The molecule has 0 aromatic heterocycles. The molecule has 3 aliphatic carbocycles. The summed E-state index contributed by atoms with van der Waals surface area (Å²) >= 11 is 0. The Morgan fingerprint density at radius 2 is 0.763 bits per heavy atom. The predicted octanol–water partition coefficient (Wildman–Crippen LogP) is 15.9. The first-order valence-corrected chi connectivity index (χ1v) is 20.9. The van der Waals surface area contributed by atoms with Crippen LogP contribution in [0.5, 0.6) is 0 Å². The maximum absolute atomic E-state index is 3.28. The van der Waals surface area contributed by atoms with Gasteiger partial charge in [-0.3, -0.25) is 0 Å². The first-order chi connectivity index (χ1) is 28.8. The van der Waals surface area contributed by atoms with Gasteiger partial charge >= 0.3 is 0 Å². The smallest absolute Gasteiger partial charge is 0.0159 e. The zero-order valence-corrected chi connectivity index (χ0v) is 33.8. The topological polar surface area (TPSA) is 0 Å². The van der Waals surface area contributed by atoms with E-state index in [1.807, 2.05) is 0 Å². The number of fused-ring (bicyclic) bond motifs is 9. The second-order valence-electron chi connectivity index (χ2n) is 17.8. The van der Waals surface area contributed by atoms with Crippen LogP contribution in [-0.2, 0) is 10.8 Å². The van der Waals surface area contributed by atoms with Gasteiger partial charge in [0.2, 0.25) is 0 Å². The van der Waals surface area contributed by atoms with Gasteiger partial charge < -0.3 is 0 Å². The summed E-state index contributed by atoms with van der Waals surface area (Å²) in [5.74, 6) is 0. The molecular weight excluding hydrogens is 709 g/mol. The minimum Gasteiger partial charge on any atom is -0.120 e. The Morgan fingerprint density at radius 3 is 1.47 bits per heavy atom. The summed E-state index contributed by atoms with van der Waals surface area (Å²) in [5, 5.41) is 5.07. The predicted molar refractivity (Wildman–Crippen MR) is 251 cm³/mol. The highest BCUT2D eigenvalue weighted by atomic mass is 14.4. The van der Waals surface area contributed by atoms with Crippen LogP contribution in [0, 0.1) is 0 Å². The van der Waals surface area contributed by atoms with Crippen molar-refractivity contribution in [1.82, 2.24) is 0 Å². The third-order valence-corrected chi connectivity index (χ3v) is 13.9. The molecule has 0 aliphatic heterocycles. The standard InChI is InChI=1S/C59H42/c1-58(2)52-21-9-7-17-44(52)46-28-25-41(34-54(46)58)40-26-30-50-51(33-40)57(42-16-12-15-38(32-42)39-24-23-36-13-11-14-37(36)31-39)49-20-6-5-19-48(49)56(50)43-27-29-47-45-18-8-10-22-53(45)59(3,4)55(47)35-43/h5-10,12-35H,1-4H3. The van der Waals surface area contributed by atoms with Gasteiger partial charge in [-0.2, -0.15) is 0 Å². The summed E-state index contributed by atoms with van der Waals surface area (Å²) in [7, 11) is 0. The fourth-order valence-corrected chi connectivity index (χ4v) is 10.8. The summed E-state index contributed by atoms with van der Waals surface area (Å²) in [5.41, 5.74) is 26.5. The molecule has 0 unspecified atom stereocenters. The first kappa shape index (κ1) is 34.1. The molecule has 0 fully saturated rings. The molecule has 9 aromatic carbocycles. The van der Waals surface area contributed by atoms with Crippen molar-refractivity contribution in [3.8, 4) is 66.8 Å². The van der Waals surface area contributed by atoms with E-state index in [4.69, 9.17) is 0 Å². The van der Waals surface area contributed by atoms with Gasteiger partial charge in [-0.1, -0.05) is 167 Å². The van der Waals surface area contributed by atoms with Gasteiger partial charge in [0.25, 0.3) is 0 Å². The van der Waals surface area contributed by atoms with Gasteiger partial charge in [-0.15, -0.1) is 5.73 Å². The molecule has 0 spiro atoms. The Labute approximate surface area is 346 Å². The molecular formula is C59H42. The molecule has 0 saturated heterocycles. The normalized spacial score (nSPS) is 14.6. The molecule has 0 N–H and O–H groups in total. The van der Waals surface area contributed by atoms with E-state index in [1.54, 1.807) is 0 Å². The molecule has 59 heavy (non-hydrogen) atoms. The molecule has 0 nitrogen and oxygen atoms in total. The van der Waals surface area contributed by atoms with Crippen LogP contribution in [0.25, 0.3) is 100 Å². The SMILES string of the molecule is CC1(C)c2ccccc2-c2ccc(-c3ccc4c(-c5ccc6c(c5)C(C)(C)c5ccccc5-6)c5ccccc5c(-c5cccc(-c6ccc7c(c6)C=C=C7)c5)c4c3)cc21. The zero-order valence-electron chi connectivity index (χ0n) is 33.8. The lowest BCUT2D eigenvalue weighted by Crippen LogP contribution is -2.14. The van der Waals surface area contributed by atoms with Crippen LogP contribution in [0.1, 0.15) is 61.1 Å². The average Bonchev–Trinajstić information content (AvgIpc) is 3.91. The van der Waals surface area contributed by atoms with Gasteiger partial charge in [0, 0.05) is 10.8 Å². The molecule has 0 atom stereocenters. The molecule has 12 rings (SSSR count). The number of hydrogen-bond acceptors (Lipinski definition) is 0. The van der Waals surface area contributed by atoms with Crippen molar-refractivity contribution in [3.63, 3.8) is 0 Å². The third-order valence-electron chi connectivity index (χ3n) is 13.9. The second-order valence-corrected chi connectivity index (χ2v) is 17.8. The molecule has 3 aliphatic rings. The van der Waals surface area contributed by atoms with E-state index in [9.17, 15) is 0 Å². The lowest BCUT2D eigenvalue weighted by Gasteiger charge is -2.23. The Kier molecular flexibility index (Phi) is 7.09. The highest BCUT2D eigenvalue weighted by molar-refractivity contribution is 6.22. The maximum Gasteiger partial charge on any atom is 0.0159 e. The molecule has 0 bridgehead atoms. The van der Waals surface area contributed by atoms with Gasteiger partial charge in [0.15, 0.2) is 0 Å². The van der Waals surface area contributed by atoms with Crippen LogP contribution in [0.4, 0.5) is 0 Å². The van der Waals surface area contributed by atoms with E-state index >= 15 is 0 Å². The van der Waals surface area contributed by atoms with Crippen molar-refractivity contribution in [2.45, 2.75) is 38.5 Å². The van der Waals surface area contributed by atoms with E-state index in [0.717, 1.165) is 0 Å². The average molecular weight is 751 g/mol. The van der Waals surface area contributed by atoms with E-state index in [1.165, 1.54) is 122 Å². The summed E-state index contributed by atoms with van der Waals surface area (Å²) in [4.78, 5) is 0. The molecule has 0 radical (unpaired) electrons. The van der Waals surface area contributed by atoms with Crippen LogP contribution in [-0.4, -0.2) is 0 Å². The van der Waals surface area contributed by atoms with Gasteiger partial charge in [0.1, 0.15) is 0 Å². The molecule has 9 aromatic rings. The number of rotatable bonds is 4. The molecule has 0 amide bonds. The summed E-state index contributed by atoms with van der Waals surface area (Å²) < 4.78 is 0. The Balaban J connectivity index is 1.11. The quantitative estimate of drug-likeness (QED) is 0.124. The largest absolute Gasteiger partial charge is 0.120 e. The van der Waals surface area contributed by atoms with Crippen molar-refractivity contribution >= 4 is 33.7 Å². The molecule has 0 heterocycles. The number of hydrogen-bond donors (Lipinski definition) is 0. The van der Waals surface area contributed by atoms with Crippen LogP contribution in [0.15, 0.2) is 176 Å². The Bertz CT molecular complexity index is 3360. The second kappa shape index (κ2) is 12.3.